The fourth-order valence-corrected chi connectivity index (χ4v) is 2.42. The summed E-state index contributed by atoms with van der Waals surface area (Å²) in [5.41, 5.74) is 2.95. The van der Waals surface area contributed by atoms with Crippen LogP contribution in [0.25, 0.3) is 5.65 Å². The van der Waals surface area contributed by atoms with E-state index in [2.05, 4.69) is 20.9 Å². The molecular formula is C15H13BrN2O. The number of pyridine rings is 1. The van der Waals surface area contributed by atoms with Gasteiger partial charge in [0.2, 0.25) is 0 Å². The van der Waals surface area contributed by atoms with Gasteiger partial charge in [0.25, 0.3) is 0 Å². The van der Waals surface area contributed by atoms with Gasteiger partial charge in [-0.15, -0.1) is 0 Å². The molecule has 0 amide bonds. The van der Waals surface area contributed by atoms with Gasteiger partial charge in [0.1, 0.15) is 12.4 Å². The first kappa shape index (κ1) is 12.2. The van der Waals surface area contributed by atoms with Crippen molar-refractivity contribution in [3.8, 4) is 5.75 Å². The summed E-state index contributed by atoms with van der Waals surface area (Å²) in [6.45, 7) is 2.51. The highest BCUT2D eigenvalue weighted by Gasteiger charge is 2.05. The average Bonchev–Trinajstić information content (AvgIpc) is 2.82. The summed E-state index contributed by atoms with van der Waals surface area (Å²) < 4.78 is 8.77. The van der Waals surface area contributed by atoms with Gasteiger partial charge in [0.05, 0.1) is 10.2 Å². The smallest absolute Gasteiger partial charge is 0.151 e. The van der Waals surface area contributed by atoms with Crippen LogP contribution in [0.4, 0.5) is 0 Å². The molecule has 0 unspecified atom stereocenters. The summed E-state index contributed by atoms with van der Waals surface area (Å²) in [6.07, 6.45) is 3.96. The Hall–Kier alpha value is -1.81. The number of imidazole rings is 1. The standard InChI is InChI=1S/C15H13BrN2O/c1-11-5-2-3-7-14(11)19-10-12-9-18-8-4-6-13(16)15(18)17-12/h2-9H,10H2,1H3. The van der Waals surface area contributed by atoms with Gasteiger partial charge in [0, 0.05) is 12.4 Å². The number of fused-ring (bicyclic) bond motifs is 1. The molecule has 0 saturated carbocycles. The van der Waals surface area contributed by atoms with Crippen LogP contribution in [0.1, 0.15) is 11.3 Å². The summed E-state index contributed by atoms with van der Waals surface area (Å²) in [5, 5.41) is 0. The van der Waals surface area contributed by atoms with Gasteiger partial charge >= 0.3 is 0 Å². The maximum atomic E-state index is 5.80. The lowest BCUT2D eigenvalue weighted by atomic mass is 10.2. The highest BCUT2D eigenvalue weighted by atomic mass is 79.9. The molecule has 0 spiro atoms. The molecule has 0 saturated heterocycles. The summed E-state index contributed by atoms with van der Waals surface area (Å²) >= 11 is 3.49. The number of hydrogen-bond acceptors (Lipinski definition) is 2. The Kier molecular flexibility index (Phi) is 3.25. The van der Waals surface area contributed by atoms with Crippen molar-refractivity contribution >= 4 is 21.6 Å². The number of nitrogens with zero attached hydrogens (tertiary/aromatic N) is 2. The Morgan fingerprint density at radius 3 is 2.84 bits per heavy atom. The van der Waals surface area contributed by atoms with E-state index < -0.39 is 0 Å². The van der Waals surface area contributed by atoms with E-state index >= 15 is 0 Å². The number of halogens is 1. The molecule has 3 nitrogen and oxygen atoms in total. The van der Waals surface area contributed by atoms with Crippen molar-refractivity contribution < 1.29 is 4.74 Å². The van der Waals surface area contributed by atoms with Crippen LogP contribution in [-0.4, -0.2) is 9.38 Å². The second-order valence-electron chi connectivity index (χ2n) is 4.37. The molecule has 0 aliphatic carbocycles. The predicted molar refractivity (Wildman–Crippen MR) is 78.4 cm³/mol. The number of rotatable bonds is 3. The van der Waals surface area contributed by atoms with Crippen LogP contribution >= 0.6 is 15.9 Å². The van der Waals surface area contributed by atoms with E-state index in [0.717, 1.165) is 27.1 Å². The van der Waals surface area contributed by atoms with Crippen LogP contribution in [0.5, 0.6) is 5.75 Å². The van der Waals surface area contributed by atoms with Crippen LogP contribution in [-0.2, 0) is 6.61 Å². The highest BCUT2D eigenvalue weighted by molar-refractivity contribution is 9.10. The van der Waals surface area contributed by atoms with Gasteiger partial charge in [-0.1, -0.05) is 18.2 Å². The molecule has 0 bridgehead atoms. The number of benzene rings is 1. The number of ether oxygens (including phenoxy) is 1. The number of aryl methyl sites for hydroxylation is 1. The van der Waals surface area contributed by atoms with Gasteiger partial charge in [-0.05, 0) is 46.6 Å². The molecule has 0 atom stereocenters. The normalized spacial score (nSPS) is 10.8. The first-order valence-corrected chi connectivity index (χ1v) is 6.84. The van der Waals surface area contributed by atoms with Crippen molar-refractivity contribution in [3.05, 3.63) is 64.5 Å². The molecule has 0 radical (unpaired) electrons. The van der Waals surface area contributed by atoms with Crippen molar-refractivity contribution in [2.75, 3.05) is 0 Å². The van der Waals surface area contributed by atoms with Crippen LogP contribution in [0, 0.1) is 6.92 Å². The van der Waals surface area contributed by atoms with Crippen molar-refractivity contribution in [1.82, 2.24) is 9.38 Å². The van der Waals surface area contributed by atoms with Crippen molar-refractivity contribution in [3.63, 3.8) is 0 Å². The zero-order valence-electron chi connectivity index (χ0n) is 10.5. The molecule has 2 aromatic heterocycles. The van der Waals surface area contributed by atoms with E-state index in [1.807, 2.05) is 60.1 Å². The quantitative estimate of drug-likeness (QED) is 0.730. The minimum Gasteiger partial charge on any atom is -0.487 e. The third kappa shape index (κ3) is 2.49. The van der Waals surface area contributed by atoms with Crippen LogP contribution < -0.4 is 4.74 Å². The first-order chi connectivity index (χ1) is 9.24. The minimum absolute atomic E-state index is 0.471. The van der Waals surface area contributed by atoms with Crippen molar-refractivity contribution in [2.24, 2.45) is 0 Å². The Morgan fingerprint density at radius 2 is 2.05 bits per heavy atom. The second-order valence-corrected chi connectivity index (χ2v) is 5.23. The average molecular weight is 317 g/mol. The van der Waals surface area contributed by atoms with Gasteiger partial charge in [-0.3, -0.25) is 0 Å². The topological polar surface area (TPSA) is 26.5 Å². The zero-order valence-corrected chi connectivity index (χ0v) is 12.1. The van der Waals surface area contributed by atoms with Gasteiger partial charge in [0.15, 0.2) is 5.65 Å². The Balaban J connectivity index is 1.83. The first-order valence-electron chi connectivity index (χ1n) is 6.04. The fraction of sp³-hybridized carbons (Fsp3) is 0.133. The van der Waals surface area contributed by atoms with E-state index in [-0.39, 0.29) is 0 Å². The Morgan fingerprint density at radius 1 is 1.21 bits per heavy atom. The maximum Gasteiger partial charge on any atom is 0.151 e. The fourth-order valence-electron chi connectivity index (χ4n) is 1.97. The summed E-state index contributed by atoms with van der Waals surface area (Å²) in [4.78, 5) is 4.55. The molecule has 4 heteroatoms. The lowest BCUT2D eigenvalue weighted by molar-refractivity contribution is 0.300. The van der Waals surface area contributed by atoms with E-state index in [1.165, 1.54) is 0 Å². The molecule has 0 N–H and O–H groups in total. The monoisotopic (exact) mass is 316 g/mol. The lowest BCUT2D eigenvalue weighted by Crippen LogP contribution is -1.96. The van der Waals surface area contributed by atoms with Crippen LogP contribution in [0.15, 0.2) is 53.3 Å². The Bertz CT molecular complexity index is 721. The van der Waals surface area contributed by atoms with E-state index in [9.17, 15) is 0 Å². The molecular weight excluding hydrogens is 304 g/mol. The predicted octanol–water partition coefficient (Wildman–Crippen LogP) is 3.98. The molecule has 1 aromatic carbocycles. The second kappa shape index (κ2) is 5.05. The molecule has 96 valence electrons. The molecule has 3 aromatic rings. The lowest BCUT2D eigenvalue weighted by Gasteiger charge is -2.06. The van der Waals surface area contributed by atoms with E-state index in [4.69, 9.17) is 4.74 Å². The van der Waals surface area contributed by atoms with Crippen LogP contribution in [0.2, 0.25) is 0 Å². The summed E-state index contributed by atoms with van der Waals surface area (Å²) in [6, 6.07) is 11.9. The Labute approximate surface area is 120 Å². The molecule has 0 aliphatic rings. The maximum absolute atomic E-state index is 5.80. The van der Waals surface area contributed by atoms with Crippen molar-refractivity contribution in [2.45, 2.75) is 13.5 Å². The summed E-state index contributed by atoms with van der Waals surface area (Å²) in [7, 11) is 0. The van der Waals surface area contributed by atoms with Gasteiger partial charge in [-0.25, -0.2) is 4.98 Å². The third-order valence-electron chi connectivity index (χ3n) is 2.95. The number of aromatic nitrogens is 2. The molecule has 2 heterocycles. The minimum atomic E-state index is 0.471. The largest absolute Gasteiger partial charge is 0.487 e. The highest BCUT2D eigenvalue weighted by Crippen LogP contribution is 2.20. The van der Waals surface area contributed by atoms with Gasteiger partial charge in [-0.2, -0.15) is 0 Å². The molecule has 3 rings (SSSR count). The SMILES string of the molecule is Cc1ccccc1OCc1cn2cccc(Br)c2n1. The molecule has 0 fully saturated rings. The third-order valence-corrected chi connectivity index (χ3v) is 3.57. The molecule has 0 aliphatic heterocycles. The summed E-state index contributed by atoms with van der Waals surface area (Å²) in [5.74, 6) is 0.902. The molecule has 19 heavy (non-hydrogen) atoms. The zero-order chi connectivity index (χ0) is 13.2. The van der Waals surface area contributed by atoms with E-state index in [1.54, 1.807) is 0 Å². The van der Waals surface area contributed by atoms with Crippen molar-refractivity contribution in [1.29, 1.82) is 0 Å². The van der Waals surface area contributed by atoms with E-state index in [0.29, 0.717) is 6.61 Å². The van der Waals surface area contributed by atoms with Crippen LogP contribution in [0.3, 0.4) is 0 Å². The van der Waals surface area contributed by atoms with Gasteiger partial charge < -0.3 is 9.14 Å². The number of hydrogen-bond donors (Lipinski definition) is 0. The number of para-hydroxylation sites is 1.